The summed E-state index contributed by atoms with van der Waals surface area (Å²) in [5.74, 6) is 0.285. The fraction of sp³-hybridized carbons (Fsp3) is 0.143. The Kier molecular flexibility index (Phi) is 4.33. The first-order chi connectivity index (χ1) is 11.9. The lowest BCUT2D eigenvalue weighted by Gasteiger charge is -2.10. The largest absolute Gasteiger partial charge is 0.495 e. The number of ether oxygens (including phenoxy) is 1. The average Bonchev–Trinajstić information content (AvgIpc) is 3.02. The van der Waals surface area contributed by atoms with Crippen molar-refractivity contribution in [1.29, 1.82) is 0 Å². The Hall–Kier alpha value is -3.05. The van der Waals surface area contributed by atoms with Gasteiger partial charge in [0.05, 0.1) is 24.6 Å². The van der Waals surface area contributed by atoms with E-state index in [1.807, 2.05) is 0 Å². The molecule has 11 heteroatoms. The van der Waals surface area contributed by atoms with E-state index in [-0.39, 0.29) is 22.9 Å². The lowest BCUT2D eigenvalue weighted by molar-refractivity contribution is -0.385. The summed E-state index contributed by atoms with van der Waals surface area (Å²) in [5.41, 5.74) is 0.323. The number of non-ortho nitro benzene ring substituents is 1. The molecule has 0 saturated carbocycles. The van der Waals surface area contributed by atoms with Gasteiger partial charge in [-0.05, 0) is 18.2 Å². The number of hydrogen-bond donors (Lipinski definition) is 1. The molecule has 0 aliphatic rings. The monoisotopic (exact) mass is 363 g/mol. The second-order valence-corrected chi connectivity index (χ2v) is 6.70. The Morgan fingerprint density at radius 2 is 2.08 bits per heavy atom. The second kappa shape index (κ2) is 6.45. The number of pyridine rings is 1. The molecule has 0 amide bonds. The normalized spacial score (nSPS) is 11.6. The SMILES string of the molecule is COc1cc([N+](=O)[O-])ccc1S(=O)(=O)NCc1nnc2ccccn12. The maximum Gasteiger partial charge on any atom is 0.273 e. The van der Waals surface area contributed by atoms with Gasteiger partial charge in [0.2, 0.25) is 10.0 Å². The van der Waals surface area contributed by atoms with Gasteiger partial charge in [0, 0.05) is 12.3 Å². The van der Waals surface area contributed by atoms with Crippen LogP contribution in [0.5, 0.6) is 5.75 Å². The highest BCUT2D eigenvalue weighted by atomic mass is 32.2. The van der Waals surface area contributed by atoms with Crippen LogP contribution in [-0.2, 0) is 16.6 Å². The lowest BCUT2D eigenvalue weighted by Crippen LogP contribution is -2.25. The van der Waals surface area contributed by atoms with Crippen LogP contribution in [0.4, 0.5) is 5.69 Å². The van der Waals surface area contributed by atoms with Crippen LogP contribution in [0.15, 0.2) is 47.5 Å². The molecular weight excluding hydrogens is 350 g/mol. The molecule has 25 heavy (non-hydrogen) atoms. The molecule has 0 atom stereocenters. The molecule has 10 nitrogen and oxygen atoms in total. The van der Waals surface area contributed by atoms with E-state index in [4.69, 9.17) is 4.74 Å². The maximum absolute atomic E-state index is 12.5. The molecule has 1 N–H and O–H groups in total. The summed E-state index contributed by atoms with van der Waals surface area (Å²) in [4.78, 5) is 9.97. The van der Waals surface area contributed by atoms with Crippen LogP contribution in [0.3, 0.4) is 0 Å². The van der Waals surface area contributed by atoms with Crippen LogP contribution >= 0.6 is 0 Å². The van der Waals surface area contributed by atoms with Crippen molar-refractivity contribution in [2.24, 2.45) is 0 Å². The molecule has 0 aliphatic carbocycles. The first kappa shape index (κ1) is 16.8. The molecule has 3 aromatic rings. The van der Waals surface area contributed by atoms with Gasteiger partial charge in [-0.1, -0.05) is 6.07 Å². The molecule has 130 valence electrons. The number of sulfonamides is 1. The summed E-state index contributed by atoms with van der Waals surface area (Å²) < 4.78 is 34.0. The van der Waals surface area contributed by atoms with Crippen LogP contribution in [0.2, 0.25) is 0 Å². The van der Waals surface area contributed by atoms with Crippen molar-refractivity contribution < 1.29 is 18.1 Å². The molecule has 0 unspecified atom stereocenters. The lowest BCUT2D eigenvalue weighted by atomic mass is 10.3. The van der Waals surface area contributed by atoms with Gasteiger partial charge in [-0.25, -0.2) is 13.1 Å². The number of rotatable bonds is 6. The van der Waals surface area contributed by atoms with E-state index in [1.54, 1.807) is 28.8 Å². The van der Waals surface area contributed by atoms with Crippen molar-refractivity contribution in [3.8, 4) is 5.75 Å². The molecule has 1 aromatic carbocycles. The molecule has 0 bridgehead atoms. The first-order valence-electron chi connectivity index (χ1n) is 7.03. The van der Waals surface area contributed by atoms with Crippen LogP contribution in [0, 0.1) is 10.1 Å². The maximum atomic E-state index is 12.5. The Labute approximate surface area is 142 Å². The minimum Gasteiger partial charge on any atom is -0.495 e. The summed E-state index contributed by atoms with van der Waals surface area (Å²) in [6.45, 7) is -0.104. The Morgan fingerprint density at radius 3 is 2.80 bits per heavy atom. The number of methoxy groups -OCH3 is 1. The zero-order chi connectivity index (χ0) is 18.0. The Balaban J connectivity index is 1.88. The van der Waals surface area contributed by atoms with Gasteiger partial charge in [0.15, 0.2) is 11.5 Å². The van der Waals surface area contributed by atoms with Gasteiger partial charge in [-0.2, -0.15) is 0 Å². The van der Waals surface area contributed by atoms with Crippen LogP contribution in [-0.4, -0.2) is 35.0 Å². The van der Waals surface area contributed by atoms with E-state index in [0.29, 0.717) is 11.5 Å². The Morgan fingerprint density at radius 1 is 1.28 bits per heavy atom. The van der Waals surface area contributed by atoms with E-state index in [9.17, 15) is 18.5 Å². The smallest absolute Gasteiger partial charge is 0.273 e. The van der Waals surface area contributed by atoms with E-state index in [2.05, 4.69) is 14.9 Å². The van der Waals surface area contributed by atoms with E-state index >= 15 is 0 Å². The highest BCUT2D eigenvalue weighted by molar-refractivity contribution is 7.89. The Bertz CT molecular complexity index is 1050. The van der Waals surface area contributed by atoms with Gasteiger partial charge in [-0.15, -0.1) is 10.2 Å². The quantitative estimate of drug-likeness (QED) is 0.513. The van der Waals surface area contributed by atoms with E-state index < -0.39 is 14.9 Å². The predicted molar refractivity (Wildman–Crippen MR) is 86.7 cm³/mol. The number of fused-ring (bicyclic) bond motifs is 1. The second-order valence-electron chi connectivity index (χ2n) is 4.96. The van der Waals surface area contributed by atoms with E-state index in [1.165, 1.54) is 7.11 Å². The molecule has 0 aliphatic heterocycles. The zero-order valence-corrected chi connectivity index (χ0v) is 13.8. The molecular formula is C14H13N5O5S. The molecule has 2 aromatic heterocycles. The summed E-state index contributed by atoms with van der Waals surface area (Å²) in [5, 5.41) is 18.7. The third-order valence-corrected chi connectivity index (χ3v) is 4.89. The van der Waals surface area contributed by atoms with Crippen molar-refractivity contribution in [3.05, 3.63) is 58.5 Å². The number of nitrogens with zero attached hydrogens (tertiary/aromatic N) is 4. The predicted octanol–water partition coefficient (Wildman–Crippen LogP) is 1.12. The number of aromatic nitrogens is 3. The molecule has 2 heterocycles. The van der Waals surface area contributed by atoms with Crippen LogP contribution in [0.25, 0.3) is 5.65 Å². The number of nitro benzene ring substituents is 1. The van der Waals surface area contributed by atoms with Crippen molar-refractivity contribution in [2.45, 2.75) is 11.4 Å². The number of nitrogens with one attached hydrogen (secondary N) is 1. The number of nitro groups is 1. The fourth-order valence-electron chi connectivity index (χ4n) is 2.24. The van der Waals surface area contributed by atoms with Gasteiger partial charge in [0.1, 0.15) is 10.6 Å². The zero-order valence-electron chi connectivity index (χ0n) is 13.0. The van der Waals surface area contributed by atoms with E-state index in [0.717, 1.165) is 18.2 Å². The topological polar surface area (TPSA) is 129 Å². The van der Waals surface area contributed by atoms with Gasteiger partial charge in [0.25, 0.3) is 5.69 Å². The minimum atomic E-state index is -3.97. The standard InChI is InChI=1S/C14H13N5O5S/c1-24-11-8-10(19(20)21)5-6-12(11)25(22,23)15-9-14-17-16-13-4-2-3-7-18(13)14/h2-8,15H,9H2,1H3. The molecule has 3 rings (SSSR count). The van der Waals surface area contributed by atoms with Crippen molar-refractivity contribution in [3.63, 3.8) is 0 Å². The molecule has 0 saturated heterocycles. The average molecular weight is 363 g/mol. The molecule has 0 radical (unpaired) electrons. The summed E-state index contributed by atoms with van der Waals surface area (Å²) in [6.07, 6.45) is 1.71. The number of benzene rings is 1. The van der Waals surface area contributed by atoms with Crippen molar-refractivity contribution in [1.82, 2.24) is 19.3 Å². The van der Waals surface area contributed by atoms with Gasteiger partial charge < -0.3 is 4.74 Å². The van der Waals surface area contributed by atoms with Crippen molar-refractivity contribution >= 4 is 21.4 Å². The van der Waals surface area contributed by atoms with Crippen LogP contribution < -0.4 is 9.46 Å². The highest BCUT2D eigenvalue weighted by Gasteiger charge is 2.22. The van der Waals surface area contributed by atoms with Gasteiger partial charge >= 0.3 is 0 Å². The summed E-state index contributed by atoms with van der Waals surface area (Å²) in [7, 11) is -2.73. The molecule has 0 spiro atoms. The number of hydrogen-bond acceptors (Lipinski definition) is 7. The molecule has 0 fully saturated rings. The fourth-order valence-corrected chi connectivity index (χ4v) is 3.37. The first-order valence-corrected chi connectivity index (χ1v) is 8.51. The van der Waals surface area contributed by atoms with Crippen molar-refractivity contribution in [2.75, 3.05) is 7.11 Å². The van der Waals surface area contributed by atoms with Crippen LogP contribution in [0.1, 0.15) is 5.82 Å². The summed E-state index contributed by atoms with van der Waals surface area (Å²) in [6, 6.07) is 8.59. The summed E-state index contributed by atoms with van der Waals surface area (Å²) >= 11 is 0. The third kappa shape index (κ3) is 3.27. The minimum absolute atomic E-state index is 0.104. The highest BCUT2D eigenvalue weighted by Crippen LogP contribution is 2.28. The third-order valence-electron chi connectivity index (χ3n) is 3.45. The van der Waals surface area contributed by atoms with Gasteiger partial charge in [-0.3, -0.25) is 14.5 Å².